The molecule has 1 aromatic heterocycles. The highest BCUT2D eigenvalue weighted by Gasteiger charge is 2.21. The molecule has 0 radical (unpaired) electrons. The molecule has 1 aliphatic heterocycles. The lowest BCUT2D eigenvalue weighted by Crippen LogP contribution is -2.51. The van der Waals surface area contributed by atoms with E-state index in [0.29, 0.717) is 31.7 Å². The average molecular weight is 346 g/mol. The molecular formula is C18H23FN4O2. The van der Waals surface area contributed by atoms with Gasteiger partial charge in [0.05, 0.1) is 12.2 Å². The van der Waals surface area contributed by atoms with Crippen molar-refractivity contribution in [3.63, 3.8) is 0 Å². The van der Waals surface area contributed by atoms with Crippen LogP contribution in [-0.2, 0) is 13.1 Å². The third-order valence-corrected chi connectivity index (χ3v) is 4.38. The van der Waals surface area contributed by atoms with Crippen molar-refractivity contribution in [2.75, 3.05) is 26.2 Å². The highest BCUT2D eigenvalue weighted by molar-refractivity contribution is 5.74. The molecule has 1 N–H and O–H groups in total. The monoisotopic (exact) mass is 346 g/mol. The minimum atomic E-state index is -0.229. The minimum absolute atomic E-state index is 0.0860. The summed E-state index contributed by atoms with van der Waals surface area (Å²) in [5.41, 5.74) is 2.36. The van der Waals surface area contributed by atoms with Crippen LogP contribution in [-0.4, -0.2) is 47.2 Å². The van der Waals surface area contributed by atoms with Crippen LogP contribution in [0.15, 0.2) is 28.8 Å². The summed E-state index contributed by atoms with van der Waals surface area (Å²) in [4.78, 5) is 16.3. The zero-order valence-corrected chi connectivity index (χ0v) is 14.6. The van der Waals surface area contributed by atoms with E-state index >= 15 is 0 Å². The number of piperazine rings is 1. The highest BCUT2D eigenvalue weighted by atomic mass is 19.1. The fourth-order valence-electron chi connectivity index (χ4n) is 2.93. The van der Waals surface area contributed by atoms with Gasteiger partial charge in [-0.2, -0.15) is 0 Å². The second-order valence-corrected chi connectivity index (χ2v) is 6.44. The maximum Gasteiger partial charge on any atom is 0.317 e. The van der Waals surface area contributed by atoms with Gasteiger partial charge in [-0.15, -0.1) is 0 Å². The number of halogens is 1. The summed E-state index contributed by atoms with van der Waals surface area (Å²) in [6, 6.07) is 6.73. The Labute approximate surface area is 146 Å². The van der Waals surface area contributed by atoms with Crippen LogP contribution in [0, 0.1) is 19.7 Å². The molecule has 0 spiro atoms. The third-order valence-electron chi connectivity index (χ3n) is 4.38. The van der Waals surface area contributed by atoms with Crippen molar-refractivity contribution in [2.24, 2.45) is 0 Å². The number of nitrogens with one attached hydrogen (secondary N) is 1. The number of aryl methyl sites for hydroxylation is 2. The Balaban J connectivity index is 1.44. The molecule has 25 heavy (non-hydrogen) atoms. The first-order chi connectivity index (χ1) is 12.0. The van der Waals surface area contributed by atoms with Gasteiger partial charge >= 0.3 is 6.03 Å². The molecule has 0 atom stereocenters. The Morgan fingerprint density at radius 2 is 2.00 bits per heavy atom. The molecule has 2 amide bonds. The molecule has 2 heterocycles. The predicted molar refractivity (Wildman–Crippen MR) is 91.5 cm³/mol. The molecule has 1 aliphatic rings. The smallest absolute Gasteiger partial charge is 0.317 e. The normalized spacial score (nSPS) is 15.4. The van der Waals surface area contributed by atoms with E-state index in [-0.39, 0.29) is 11.8 Å². The van der Waals surface area contributed by atoms with Gasteiger partial charge in [0, 0.05) is 38.8 Å². The van der Waals surface area contributed by atoms with Crippen LogP contribution < -0.4 is 5.32 Å². The summed E-state index contributed by atoms with van der Waals surface area (Å²) in [6.45, 7) is 7.66. The van der Waals surface area contributed by atoms with Gasteiger partial charge in [0.1, 0.15) is 5.82 Å². The predicted octanol–water partition coefficient (Wildman–Crippen LogP) is 2.46. The van der Waals surface area contributed by atoms with E-state index in [2.05, 4.69) is 15.4 Å². The largest absolute Gasteiger partial charge is 0.360 e. The van der Waals surface area contributed by atoms with Crippen LogP contribution in [0.2, 0.25) is 0 Å². The van der Waals surface area contributed by atoms with E-state index in [4.69, 9.17) is 4.52 Å². The molecule has 0 unspecified atom stereocenters. The molecule has 7 heteroatoms. The van der Waals surface area contributed by atoms with E-state index in [1.807, 2.05) is 13.0 Å². The Morgan fingerprint density at radius 3 is 2.64 bits per heavy atom. The van der Waals surface area contributed by atoms with Gasteiger partial charge in [-0.3, -0.25) is 4.90 Å². The van der Waals surface area contributed by atoms with Gasteiger partial charge in [-0.1, -0.05) is 17.3 Å². The van der Waals surface area contributed by atoms with Crippen molar-refractivity contribution >= 4 is 6.03 Å². The van der Waals surface area contributed by atoms with Crippen LogP contribution in [0.4, 0.5) is 9.18 Å². The second-order valence-electron chi connectivity index (χ2n) is 6.44. The van der Waals surface area contributed by atoms with Gasteiger partial charge in [-0.25, -0.2) is 9.18 Å². The van der Waals surface area contributed by atoms with Gasteiger partial charge in [0.25, 0.3) is 0 Å². The van der Waals surface area contributed by atoms with E-state index < -0.39 is 0 Å². The zero-order valence-electron chi connectivity index (χ0n) is 14.6. The summed E-state index contributed by atoms with van der Waals surface area (Å²) < 4.78 is 18.5. The van der Waals surface area contributed by atoms with Crippen molar-refractivity contribution < 1.29 is 13.7 Å². The number of benzene rings is 1. The minimum Gasteiger partial charge on any atom is -0.360 e. The summed E-state index contributed by atoms with van der Waals surface area (Å²) in [5, 5.41) is 6.79. The fraction of sp³-hybridized carbons (Fsp3) is 0.444. The Bertz CT molecular complexity index is 738. The first kappa shape index (κ1) is 17.4. The number of carbonyl (C=O) groups is 1. The lowest BCUT2D eigenvalue weighted by molar-refractivity contribution is 0.128. The molecular weight excluding hydrogens is 323 g/mol. The topological polar surface area (TPSA) is 61.6 Å². The van der Waals surface area contributed by atoms with Gasteiger partial charge < -0.3 is 14.7 Å². The molecule has 0 saturated carbocycles. The molecule has 6 nitrogen and oxygen atoms in total. The molecule has 134 valence electrons. The number of nitrogens with zero attached hydrogens (tertiary/aromatic N) is 3. The number of amides is 2. The summed E-state index contributed by atoms with van der Waals surface area (Å²) in [5.74, 6) is 0.621. The van der Waals surface area contributed by atoms with Crippen molar-refractivity contribution in [3.8, 4) is 0 Å². The Morgan fingerprint density at radius 1 is 1.24 bits per heavy atom. The maximum atomic E-state index is 13.3. The summed E-state index contributed by atoms with van der Waals surface area (Å²) in [7, 11) is 0. The first-order valence-corrected chi connectivity index (χ1v) is 8.43. The molecule has 0 aliphatic carbocycles. The number of rotatable bonds is 4. The van der Waals surface area contributed by atoms with Gasteiger partial charge in [0.2, 0.25) is 0 Å². The zero-order chi connectivity index (χ0) is 17.8. The molecule has 1 fully saturated rings. The lowest BCUT2D eigenvalue weighted by Gasteiger charge is -2.34. The Hall–Kier alpha value is -2.41. The van der Waals surface area contributed by atoms with E-state index in [1.54, 1.807) is 24.0 Å². The second kappa shape index (κ2) is 7.65. The lowest BCUT2D eigenvalue weighted by atomic mass is 10.1. The van der Waals surface area contributed by atoms with E-state index in [9.17, 15) is 9.18 Å². The standard InChI is InChI=1S/C18H23FN4O2/c1-13-9-15(3-4-17(13)19)11-20-18(24)23-7-5-22(6-8-23)12-16-10-14(2)21-25-16/h3-4,9-10H,5-8,11-12H2,1-2H3,(H,20,24). The Kier molecular flexibility index (Phi) is 5.33. The maximum absolute atomic E-state index is 13.3. The van der Waals surface area contributed by atoms with Crippen molar-refractivity contribution in [1.29, 1.82) is 0 Å². The molecule has 0 bridgehead atoms. The van der Waals surface area contributed by atoms with Gasteiger partial charge in [0.15, 0.2) is 5.76 Å². The average Bonchev–Trinajstić information content (AvgIpc) is 3.01. The van der Waals surface area contributed by atoms with Gasteiger partial charge in [-0.05, 0) is 31.0 Å². The van der Waals surface area contributed by atoms with E-state index in [0.717, 1.165) is 30.1 Å². The summed E-state index contributed by atoms with van der Waals surface area (Å²) in [6.07, 6.45) is 0. The molecule has 2 aromatic rings. The van der Waals surface area contributed by atoms with Crippen LogP contribution in [0.3, 0.4) is 0 Å². The highest BCUT2D eigenvalue weighted by Crippen LogP contribution is 2.11. The third kappa shape index (κ3) is 4.57. The number of carbonyl (C=O) groups excluding carboxylic acids is 1. The fourth-order valence-corrected chi connectivity index (χ4v) is 2.93. The van der Waals surface area contributed by atoms with E-state index in [1.165, 1.54) is 6.07 Å². The van der Waals surface area contributed by atoms with Crippen molar-refractivity contribution in [2.45, 2.75) is 26.9 Å². The first-order valence-electron chi connectivity index (χ1n) is 8.43. The number of aromatic nitrogens is 1. The van der Waals surface area contributed by atoms with Crippen LogP contribution in [0.1, 0.15) is 22.6 Å². The summed E-state index contributed by atoms with van der Waals surface area (Å²) >= 11 is 0. The van der Waals surface area contributed by atoms with Crippen molar-refractivity contribution in [3.05, 3.63) is 52.7 Å². The quantitative estimate of drug-likeness (QED) is 0.924. The molecule has 1 saturated heterocycles. The van der Waals surface area contributed by atoms with Crippen LogP contribution >= 0.6 is 0 Å². The number of hydrogen-bond acceptors (Lipinski definition) is 4. The van der Waals surface area contributed by atoms with Crippen LogP contribution in [0.25, 0.3) is 0 Å². The number of hydrogen-bond donors (Lipinski definition) is 1. The van der Waals surface area contributed by atoms with Crippen molar-refractivity contribution in [1.82, 2.24) is 20.3 Å². The molecule has 3 rings (SSSR count). The number of urea groups is 1. The van der Waals surface area contributed by atoms with Crippen LogP contribution in [0.5, 0.6) is 0 Å². The molecule has 1 aromatic carbocycles. The SMILES string of the molecule is Cc1cc(CN2CCN(C(=O)NCc3ccc(F)c(C)c3)CC2)on1.